The van der Waals surface area contributed by atoms with Gasteiger partial charge in [0.15, 0.2) is 0 Å². The average molecular weight is 230 g/mol. The van der Waals surface area contributed by atoms with E-state index in [1.165, 1.54) is 0 Å². The van der Waals surface area contributed by atoms with E-state index in [1.54, 1.807) is 6.07 Å². The first-order valence-corrected chi connectivity index (χ1v) is 5.98. The van der Waals surface area contributed by atoms with Crippen molar-refractivity contribution in [2.24, 2.45) is 0 Å². The molecule has 0 saturated heterocycles. The SMILES string of the molecule is CNC(C)CCn1c(=O)ccc2ccccc21. The van der Waals surface area contributed by atoms with E-state index >= 15 is 0 Å². The van der Waals surface area contributed by atoms with Crippen LogP contribution < -0.4 is 10.9 Å². The molecule has 0 aliphatic heterocycles. The molecule has 1 unspecified atom stereocenters. The number of pyridine rings is 1. The van der Waals surface area contributed by atoms with Crippen LogP contribution in [-0.4, -0.2) is 17.7 Å². The summed E-state index contributed by atoms with van der Waals surface area (Å²) in [5.74, 6) is 0. The van der Waals surface area contributed by atoms with Gasteiger partial charge in [0.05, 0.1) is 5.52 Å². The second-order valence-corrected chi connectivity index (χ2v) is 4.36. The highest BCUT2D eigenvalue weighted by Crippen LogP contribution is 2.11. The number of aromatic nitrogens is 1. The fraction of sp³-hybridized carbons (Fsp3) is 0.357. The third-order valence-electron chi connectivity index (χ3n) is 3.18. The molecule has 1 aromatic carbocycles. The molecule has 0 aliphatic rings. The Balaban J connectivity index is 2.38. The molecule has 1 N–H and O–H groups in total. The zero-order valence-corrected chi connectivity index (χ0v) is 10.3. The Morgan fingerprint density at radius 1 is 1.24 bits per heavy atom. The van der Waals surface area contributed by atoms with Crippen molar-refractivity contribution in [2.45, 2.75) is 25.9 Å². The molecule has 1 aromatic heterocycles. The Labute approximate surface area is 101 Å². The van der Waals surface area contributed by atoms with Gasteiger partial charge in [0, 0.05) is 18.7 Å². The van der Waals surface area contributed by atoms with Crippen molar-refractivity contribution in [2.75, 3.05) is 7.05 Å². The minimum atomic E-state index is 0.0759. The third kappa shape index (κ3) is 2.56. The molecule has 0 bridgehead atoms. The molecular weight excluding hydrogens is 212 g/mol. The second-order valence-electron chi connectivity index (χ2n) is 4.36. The van der Waals surface area contributed by atoms with E-state index in [9.17, 15) is 4.79 Å². The van der Waals surface area contributed by atoms with Gasteiger partial charge in [0.25, 0.3) is 5.56 Å². The normalized spacial score (nSPS) is 12.8. The summed E-state index contributed by atoms with van der Waals surface area (Å²) >= 11 is 0. The summed E-state index contributed by atoms with van der Waals surface area (Å²) in [7, 11) is 1.94. The van der Waals surface area contributed by atoms with Gasteiger partial charge in [-0.2, -0.15) is 0 Å². The molecular formula is C14H18N2O. The third-order valence-corrected chi connectivity index (χ3v) is 3.18. The molecule has 0 radical (unpaired) electrons. The summed E-state index contributed by atoms with van der Waals surface area (Å²) in [5.41, 5.74) is 1.09. The number of nitrogens with one attached hydrogen (secondary N) is 1. The maximum atomic E-state index is 11.9. The van der Waals surface area contributed by atoms with E-state index in [4.69, 9.17) is 0 Å². The topological polar surface area (TPSA) is 34.0 Å². The van der Waals surface area contributed by atoms with Gasteiger partial charge in [0.2, 0.25) is 0 Å². The van der Waals surface area contributed by atoms with Gasteiger partial charge in [-0.05, 0) is 37.9 Å². The average Bonchev–Trinajstić information content (AvgIpc) is 2.37. The van der Waals surface area contributed by atoms with Gasteiger partial charge in [-0.25, -0.2) is 0 Å². The van der Waals surface area contributed by atoms with Gasteiger partial charge >= 0.3 is 0 Å². The van der Waals surface area contributed by atoms with E-state index in [0.717, 1.165) is 23.9 Å². The van der Waals surface area contributed by atoms with Crippen LogP contribution >= 0.6 is 0 Å². The molecule has 90 valence electrons. The number of benzene rings is 1. The molecule has 1 heterocycles. The summed E-state index contributed by atoms with van der Waals surface area (Å²) in [6.07, 6.45) is 0.949. The molecule has 0 fully saturated rings. The van der Waals surface area contributed by atoms with Crippen LogP contribution in [0, 0.1) is 0 Å². The maximum Gasteiger partial charge on any atom is 0.251 e. The molecule has 1 atom stereocenters. The Morgan fingerprint density at radius 3 is 2.76 bits per heavy atom. The number of nitrogens with zero attached hydrogens (tertiary/aromatic N) is 1. The van der Waals surface area contributed by atoms with Crippen LogP contribution in [0.4, 0.5) is 0 Å². The van der Waals surface area contributed by atoms with Gasteiger partial charge in [-0.3, -0.25) is 4.79 Å². The predicted octanol–water partition coefficient (Wildman–Crippen LogP) is 2.00. The largest absolute Gasteiger partial charge is 0.317 e. The van der Waals surface area contributed by atoms with Gasteiger partial charge in [-0.1, -0.05) is 18.2 Å². The van der Waals surface area contributed by atoms with Crippen LogP contribution in [0.2, 0.25) is 0 Å². The molecule has 17 heavy (non-hydrogen) atoms. The van der Waals surface area contributed by atoms with E-state index in [2.05, 4.69) is 12.2 Å². The van der Waals surface area contributed by atoms with E-state index in [0.29, 0.717) is 6.04 Å². The molecule has 0 amide bonds. The standard InChI is InChI=1S/C14H18N2O/c1-11(15-2)9-10-16-13-6-4-3-5-12(13)7-8-14(16)17/h3-8,11,15H,9-10H2,1-2H3. The Bertz CT molecular complexity index is 559. The lowest BCUT2D eigenvalue weighted by Crippen LogP contribution is -2.26. The highest BCUT2D eigenvalue weighted by molar-refractivity contribution is 5.78. The van der Waals surface area contributed by atoms with Crippen molar-refractivity contribution in [3.8, 4) is 0 Å². The number of para-hydroxylation sites is 1. The predicted molar refractivity (Wildman–Crippen MR) is 71.3 cm³/mol. The molecule has 0 saturated carbocycles. The van der Waals surface area contributed by atoms with Gasteiger partial charge in [0.1, 0.15) is 0 Å². The quantitative estimate of drug-likeness (QED) is 0.871. The lowest BCUT2D eigenvalue weighted by molar-refractivity contribution is 0.511. The number of hydrogen-bond acceptors (Lipinski definition) is 2. The minimum Gasteiger partial charge on any atom is -0.317 e. The summed E-state index contributed by atoms with van der Waals surface area (Å²) in [6.45, 7) is 2.87. The Hall–Kier alpha value is -1.61. The molecule has 2 rings (SSSR count). The van der Waals surface area contributed by atoms with Crippen molar-refractivity contribution in [1.82, 2.24) is 9.88 Å². The number of rotatable bonds is 4. The van der Waals surface area contributed by atoms with Gasteiger partial charge < -0.3 is 9.88 Å². The first kappa shape index (κ1) is 11.9. The summed E-state index contributed by atoms with van der Waals surface area (Å²) < 4.78 is 1.85. The molecule has 3 nitrogen and oxygen atoms in total. The number of fused-ring (bicyclic) bond motifs is 1. The lowest BCUT2D eigenvalue weighted by atomic mass is 10.2. The van der Waals surface area contributed by atoms with Crippen LogP contribution in [0.25, 0.3) is 10.9 Å². The van der Waals surface area contributed by atoms with Crippen LogP contribution in [0.5, 0.6) is 0 Å². The molecule has 0 spiro atoms. The van der Waals surface area contributed by atoms with Crippen molar-refractivity contribution >= 4 is 10.9 Å². The lowest BCUT2D eigenvalue weighted by Gasteiger charge is -2.13. The number of hydrogen-bond donors (Lipinski definition) is 1. The molecule has 2 aromatic rings. The van der Waals surface area contributed by atoms with Crippen LogP contribution in [-0.2, 0) is 6.54 Å². The van der Waals surface area contributed by atoms with Crippen molar-refractivity contribution in [3.63, 3.8) is 0 Å². The summed E-state index contributed by atoms with van der Waals surface area (Å²) in [6, 6.07) is 11.9. The molecule has 3 heteroatoms. The minimum absolute atomic E-state index is 0.0759. The molecule has 0 aliphatic carbocycles. The maximum absolute atomic E-state index is 11.9. The zero-order chi connectivity index (χ0) is 12.3. The highest BCUT2D eigenvalue weighted by Gasteiger charge is 2.04. The van der Waals surface area contributed by atoms with E-state index in [1.807, 2.05) is 41.9 Å². The van der Waals surface area contributed by atoms with Crippen molar-refractivity contribution < 1.29 is 0 Å². The van der Waals surface area contributed by atoms with E-state index < -0.39 is 0 Å². The summed E-state index contributed by atoms with van der Waals surface area (Å²) in [5, 5.41) is 4.30. The second kappa shape index (κ2) is 5.15. The smallest absolute Gasteiger partial charge is 0.251 e. The van der Waals surface area contributed by atoms with E-state index in [-0.39, 0.29) is 5.56 Å². The first-order valence-electron chi connectivity index (χ1n) is 5.98. The van der Waals surface area contributed by atoms with Crippen LogP contribution in [0.15, 0.2) is 41.2 Å². The summed E-state index contributed by atoms with van der Waals surface area (Å²) in [4.78, 5) is 11.9. The Morgan fingerprint density at radius 2 is 2.00 bits per heavy atom. The van der Waals surface area contributed by atoms with Gasteiger partial charge in [-0.15, -0.1) is 0 Å². The van der Waals surface area contributed by atoms with Crippen LogP contribution in [0.3, 0.4) is 0 Å². The van der Waals surface area contributed by atoms with Crippen molar-refractivity contribution in [1.29, 1.82) is 0 Å². The highest BCUT2D eigenvalue weighted by atomic mass is 16.1. The monoisotopic (exact) mass is 230 g/mol. The number of aryl methyl sites for hydroxylation is 1. The first-order chi connectivity index (χ1) is 8.22. The Kier molecular flexibility index (Phi) is 3.59. The fourth-order valence-electron chi connectivity index (χ4n) is 1.94. The van der Waals surface area contributed by atoms with Crippen LogP contribution in [0.1, 0.15) is 13.3 Å². The fourth-order valence-corrected chi connectivity index (χ4v) is 1.94. The van der Waals surface area contributed by atoms with Crippen molar-refractivity contribution in [3.05, 3.63) is 46.8 Å². The zero-order valence-electron chi connectivity index (χ0n) is 10.3.